The number of hydrogen-bond acceptors (Lipinski definition) is 8. The van der Waals surface area contributed by atoms with Gasteiger partial charge in [0.1, 0.15) is 11.5 Å². The van der Waals surface area contributed by atoms with Crippen LogP contribution in [0.4, 0.5) is 5.82 Å². The van der Waals surface area contributed by atoms with Crippen LogP contribution >= 0.6 is 0 Å². The van der Waals surface area contributed by atoms with E-state index in [1.165, 1.54) is 18.3 Å². The second-order valence-electron chi connectivity index (χ2n) is 8.18. The number of carbonyl (C=O) groups excluding carboxylic acids is 2. The average Bonchev–Trinajstić information content (AvgIpc) is 2.92. The highest BCUT2D eigenvalue weighted by atomic mass is 32.2. The molecule has 0 unspecified atom stereocenters. The van der Waals surface area contributed by atoms with Crippen molar-refractivity contribution < 1.29 is 18.0 Å². The summed E-state index contributed by atoms with van der Waals surface area (Å²) in [5, 5.41) is 6.20. The largest absolute Gasteiger partial charge is 0.369 e. The van der Waals surface area contributed by atoms with Crippen LogP contribution in [0.3, 0.4) is 0 Å². The minimum Gasteiger partial charge on any atom is -0.369 e. The van der Waals surface area contributed by atoms with Crippen LogP contribution in [0.25, 0.3) is 6.08 Å². The van der Waals surface area contributed by atoms with Gasteiger partial charge in [-0.3, -0.25) is 9.59 Å². The van der Waals surface area contributed by atoms with Crippen molar-refractivity contribution in [2.45, 2.75) is 5.03 Å². The van der Waals surface area contributed by atoms with Crippen molar-refractivity contribution in [2.75, 3.05) is 43.8 Å². The zero-order chi connectivity index (χ0) is 25.4. The first-order valence-electron chi connectivity index (χ1n) is 11.6. The number of benzene rings is 1. The van der Waals surface area contributed by atoms with E-state index in [9.17, 15) is 18.0 Å². The molecule has 0 radical (unpaired) electrons. The second kappa shape index (κ2) is 11.7. The molecule has 9 nitrogen and oxygen atoms in total. The Hall–Kier alpha value is -3.89. The molecule has 0 spiro atoms. The molecule has 36 heavy (non-hydrogen) atoms. The quantitative estimate of drug-likeness (QED) is 0.336. The van der Waals surface area contributed by atoms with Crippen LogP contribution in [0, 0.1) is 0 Å². The van der Waals surface area contributed by atoms with Crippen molar-refractivity contribution in [2.24, 2.45) is 0 Å². The predicted octanol–water partition coefficient (Wildman–Crippen LogP) is 2.30. The molecule has 1 fully saturated rings. The average molecular weight is 506 g/mol. The Morgan fingerprint density at radius 1 is 1.00 bits per heavy atom. The third-order valence-corrected chi connectivity index (χ3v) is 7.24. The van der Waals surface area contributed by atoms with Gasteiger partial charge in [0.2, 0.25) is 5.78 Å². The third kappa shape index (κ3) is 6.61. The molecule has 3 aromatic rings. The normalized spacial score (nSPS) is 14.1. The Balaban J connectivity index is 1.32. The molecule has 2 N–H and O–H groups in total. The highest BCUT2D eigenvalue weighted by Crippen LogP contribution is 2.12. The molecule has 0 aliphatic carbocycles. The second-order valence-corrected chi connectivity index (χ2v) is 10.2. The number of aromatic nitrogens is 2. The number of pyridine rings is 2. The number of carbonyl (C=O) groups is 2. The van der Waals surface area contributed by atoms with Gasteiger partial charge in [-0.1, -0.05) is 30.3 Å². The first-order valence-corrected chi connectivity index (χ1v) is 13.2. The fourth-order valence-corrected chi connectivity index (χ4v) is 4.75. The Morgan fingerprint density at radius 2 is 1.78 bits per heavy atom. The van der Waals surface area contributed by atoms with E-state index in [0.717, 1.165) is 18.7 Å². The molecule has 1 saturated heterocycles. The number of anilines is 1. The predicted molar refractivity (Wildman–Crippen MR) is 138 cm³/mol. The fraction of sp³-hybridized carbons (Fsp3) is 0.231. The molecule has 0 bridgehead atoms. The number of rotatable bonds is 9. The number of amides is 1. The summed E-state index contributed by atoms with van der Waals surface area (Å²) < 4.78 is 24.7. The van der Waals surface area contributed by atoms with E-state index in [1.54, 1.807) is 60.7 Å². The van der Waals surface area contributed by atoms with E-state index in [1.807, 2.05) is 4.90 Å². The molecular formula is C26H27N5O4S. The molecule has 186 valence electrons. The zero-order valence-corrected chi connectivity index (χ0v) is 20.4. The van der Waals surface area contributed by atoms with E-state index in [-0.39, 0.29) is 34.7 Å². The summed E-state index contributed by atoms with van der Waals surface area (Å²) in [6.07, 6.45) is 4.53. The maximum absolute atomic E-state index is 12.6. The van der Waals surface area contributed by atoms with Gasteiger partial charge in [0, 0.05) is 44.5 Å². The summed E-state index contributed by atoms with van der Waals surface area (Å²) in [6, 6.07) is 16.8. The number of nitrogens with zero attached hydrogens (tertiary/aromatic N) is 3. The Morgan fingerprint density at radius 3 is 2.50 bits per heavy atom. The van der Waals surface area contributed by atoms with E-state index in [0.29, 0.717) is 24.5 Å². The molecule has 1 aromatic carbocycles. The SMILES string of the molecule is O=C(C=Cc1ccc(C(=O)N2CCNCC2)cc1)c1cccc(NCCS(=O)(=O)c2ccccn2)n1. The number of hydrogen-bond donors (Lipinski definition) is 2. The lowest BCUT2D eigenvalue weighted by Crippen LogP contribution is -2.46. The van der Waals surface area contributed by atoms with Gasteiger partial charge in [0.25, 0.3) is 5.91 Å². The maximum atomic E-state index is 12.6. The van der Waals surface area contributed by atoms with Crippen molar-refractivity contribution >= 4 is 33.4 Å². The van der Waals surface area contributed by atoms with Gasteiger partial charge in [-0.25, -0.2) is 18.4 Å². The van der Waals surface area contributed by atoms with Crippen LogP contribution in [0.2, 0.25) is 0 Å². The van der Waals surface area contributed by atoms with Crippen LogP contribution in [0.15, 0.2) is 78.0 Å². The minimum atomic E-state index is -3.52. The molecule has 1 aliphatic heterocycles. The summed E-state index contributed by atoms with van der Waals surface area (Å²) >= 11 is 0. The van der Waals surface area contributed by atoms with Crippen LogP contribution in [0.5, 0.6) is 0 Å². The first-order chi connectivity index (χ1) is 17.4. The van der Waals surface area contributed by atoms with Gasteiger partial charge in [-0.05, 0) is 48.0 Å². The van der Waals surface area contributed by atoms with Crippen molar-refractivity contribution in [3.63, 3.8) is 0 Å². The van der Waals surface area contributed by atoms with E-state index < -0.39 is 9.84 Å². The summed E-state index contributed by atoms with van der Waals surface area (Å²) in [5.74, 6) is -0.0388. The Labute approximate surface area is 210 Å². The van der Waals surface area contributed by atoms with E-state index in [4.69, 9.17) is 0 Å². The molecule has 1 amide bonds. The lowest BCUT2D eigenvalue weighted by molar-refractivity contribution is 0.0735. The van der Waals surface area contributed by atoms with Crippen LogP contribution in [0.1, 0.15) is 26.4 Å². The van der Waals surface area contributed by atoms with Gasteiger partial charge in [-0.15, -0.1) is 0 Å². The number of nitrogens with one attached hydrogen (secondary N) is 2. The summed E-state index contributed by atoms with van der Waals surface area (Å²) in [7, 11) is -3.52. The first kappa shape index (κ1) is 25.2. The molecule has 0 atom stereocenters. The number of allylic oxidation sites excluding steroid dienone is 1. The van der Waals surface area contributed by atoms with E-state index in [2.05, 4.69) is 20.6 Å². The highest BCUT2D eigenvalue weighted by molar-refractivity contribution is 7.91. The fourth-order valence-electron chi connectivity index (χ4n) is 3.66. The van der Waals surface area contributed by atoms with Crippen LogP contribution < -0.4 is 10.6 Å². The van der Waals surface area contributed by atoms with Crippen molar-refractivity contribution in [3.8, 4) is 0 Å². The number of piperazine rings is 1. The van der Waals surface area contributed by atoms with Crippen LogP contribution in [-0.4, -0.2) is 73.5 Å². The number of sulfone groups is 1. The zero-order valence-electron chi connectivity index (χ0n) is 19.6. The monoisotopic (exact) mass is 505 g/mol. The minimum absolute atomic E-state index is 0.00412. The smallest absolute Gasteiger partial charge is 0.253 e. The molecule has 4 rings (SSSR count). The van der Waals surface area contributed by atoms with Crippen molar-refractivity contribution in [3.05, 3.63) is 89.8 Å². The molecular weight excluding hydrogens is 478 g/mol. The van der Waals surface area contributed by atoms with Gasteiger partial charge in [-0.2, -0.15) is 0 Å². The number of ketones is 1. The standard InChI is InChI=1S/C26H27N5O4S/c32-23(12-9-20-7-10-21(11-8-20)26(33)31-17-14-27-15-18-31)22-4-3-5-24(30-22)28-16-19-36(34,35)25-6-1-2-13-29-25/h1-13,27H,14-19H2,(H,28,30). The maximum Gasteiger partial charge on any atom is 0.253 e. The van der Waals surface area contributed by atoms with Gasteiger partial charge < -0.3 is 15.5 Å². The summed E-state index contributed by atoms with van der Waals surface area (Å²) in [4.78, 5) is 35.2. The van der Waals surface area contributed by atoms with Crippen molar-refractivity contribution in [1.82, 2.24) is 20.2 Å². The van der Waals surface area contributed by atoms with Crippen LogP contribution in [-0.2, 0) is 9.84 Å². The molecule has 10 heteroatoms. The lowest BCUT2D eigenvalue weighted by atomic mass is 10.1. The third-order valence-electron chi connectivity index (χ3n) is 5.62. The summed E-state index contributed by atoms with van der Waals surface area (Å²) in [6.45, 7) is 3.09. The topological polar surface area (TPSA) is 121 Å². The Bertz CT molecular complexity index is 1340. The van der Waals surface area contributed by atoms with Gasteiger partial charge in [0.15, 0.2) is 14.9 Å². The van der Waals surface area contributed by atoms with E-state index >= 15 is 0 Å². The highest BCUT2D eigenvalue weighted by Gasteiger charge is 2.18. The molecule has 0 saturated carbocycles. The van der Waals surface area contributed by atoms with Gasteiger partial charge >= 0.3 is 0 Å². The van der Waals surface area contributed by atoms with Gasteiger partial charge in [0.05, 0.1) is 5.75 Å². The lowest BCUT2D eigenvalue weighted by Gasteiger charge is -2.27. The van der Waals surface area contributed by atoms with Crippen molar-refractivity contribution in [1.29, 1.82) is 0 Å². The molecule has 1 aliphatic rings. The summed E-state index contributed by atoms with van der Waals surface area (Å²) in [5.41, 5.74) is 1.63. The Kier molecular flexibility index (Phi) is 8.19. The molecule has 2 aromatic heterocycles. The molecule has 3 heterocycles.